The number of fused-ring (bicyclic) bond motifs is 7. The molecule has 0 saturated heterocycles. The molecule has 0 fully saturated rings. The molecular formula is C82H57N3. The molecule has 0 N–H and O–H groups in total. The van der Waals surface area contributed by atoms with Gasteiger partial charge in [-0.15, -0.1) is 0 Å². The summed E-state index contributed by atoms with van der Waals surface area (Å²) in [7, 11) is 0. The molecule has 0 aliphatic rings. The standard InChI is InChI=1S/C82H57N3/c1-8-25-59(26-9-1)76-57-77(60-42-47-71(48-43-60)83(65-28-10-2-11-29-65)66-30-12-3-13-31-66)81-74-52-46-64(63-41-40-58-24-22-23-27-62(58)54-63)55-78(74)79-56-73(85(69-36-18-6-19-37-69)70-38-20-7-21-39-70)51-53-75(79)82(81)80(76)61-44-49-72(50-45-61)84(67-32-14-4-15-33-67)68-34-16-5-17-35-68/h1-57H. The van der Waals surface area contributed by atoms with E-state index in [1.54, 1.807) is 0 Å². The summed E-state index contributed by atoms with van der Waals surface area (Å²) < 4.78 is 0. The molecule has 3 nitrogen and oxygen atoms in total. The summed E-state index contributed by atoms with van der Waals surface area (Å²) in [5.74, 6) is 0. The third-order valence-corrected chi connectivity index (χ3v) is 16.5. The number of hydrogen-bond acceptors (Lipinski definition) is 3. The molecule has 0 atom stereocenters. The van der Waals surface area contributed by atoms with E-state index < -0.39 is 0 Å². The minimum atomic E-state index is 1.07. The average molecular weight is 1080 g/mol. The van der Waals surface area contributed by atoms with Gasteiger partial charge in [0.25, 0.3) is 0 Å². The second-order valence-corrected chi connectivity index (χ2v) is 21.6. The lowest BCUT2D eigenvalue weighted by atomic mass is 9.81. The summed E-state index contributed by atoms with van der Waals surface area (Å²) in [4.78, 5) is 7.06. The summed E-state index contributed by atoms with van der Waals surface area (Å²) in [5.41, 5.74) is 19.0. The van der Waals surface area contributed by atoms with Crippen LogP contribution in [0.5, 0.6) is 0 Å². The molecule has 0 saturated carbocycles. The Hall–Kier alpha value is -11.3. The Bertz CT molecular complexity index is 4710. The van der Waals surface area contributed by atoms with Crippen LogP contribution in [0.2, 0.25) is 0 Å². The van der Waals surface area contributed by atoms with E-state index in [-0.39, 0.29) is 0 Å². The largest absolute Gasteiger partial charge is 0.311 e. The number of benzene rings is 15. The molecule has 0 amide bonds. The van der Waals surface area contributed by atoms with Crippen LogP contribution in [0.3, 0.4) is 0 Å². The van der Waals surface area contributed by atoms with Gasteiger partial charge < -0.3 is 14.7 Å². The van der Waals surface area contributed by atoms with Crippen molar-refractivity contribution in [3.63, 3.8) is 0 Å². The SMILES string of the molecule is c1ccc(-c2cc(-c3ccc(N(c4ccccc4)c4ccccc4)cc3)c3c4ccc(-c5ccc6ccccc6c5)cc4c4cc(N(c5ccccc5)c5ccccc5)ccc4c3c2-c2ccc(N(c3ccccc3)c3ccccc3)cc2)cc1. The van der Waals surface area contributed by atoms with E-state index in [1.807, 2.05) is 0 Å². The Morgan fingerprint density at radius 1 is 0.165 bits per heavy atom. The van der Waals surface area contributed by atoms with Crippen molar-refractivity contribution in [3.8, 4) is 44.5 Å². The van der Waals surface area contributed by atoms with E-state index >= 15 is 0 Å². The first kappa shape index (κ1) is 50.7. The van der Waals surface area contributed by atoms with Crippen LogP contribution in [0.1, 0.15) is 0 Å². The highest BCUT2D eigenvalue weighted by molar-refractivity contribution is 6.33. The Labute approximate surface area is 496 Å². The van der Waals surface area contributed by atoms with E-state index in [2.05, 4.69) is 360 Å². The van der Waals surface area contributed by atoms with E-state index in [4.69, 9.17) is 0 Å². The Morgan fingerprint density at radius 2 is 0.494 bits per heavy atom. The highest BCUT2D eigenvalue weighted by atomic mass is 15.2. The first-order valence-electron chi connectivity index (χ1n) is 29.1. The lowest BCUT2D eigenvalue weighted by Gasteiger charge is -2.27. The zero-order chi connectivity index (χ0) is 56.5. The van der Waals surface area contributed by atoms with Crippen LogP contribution in [0.25, 0.3) is 87.6 Å². The smallest absolute Gasteiger partial charge is 0.0468 e. The first-order valence-corrected chi connectivity index (χ1v) is 29.1. The van der Waals surface area contributed by atoms with Gasteiger partial charge in [0.2, 0.25) is 0 Å². The molecule has 0 unspecified atom stereocenters. The molecule has 15 aromatic rings. The maximum absolute atomic E-state index is 2.48. The molecule has 0 heterocycles. The van der Waals surface area contributed by atoms with Crippen molar-refractivity contribution < 1.29 is 0 Å². The normalized spacial score (nSPS) is 11.3. The Kier molecular flexibility index (Phi) is 13.3. The van der Waals surface area contributed by atoms with Crippen molar-refractivity contribution in [2.45, 2.75) is 0 Å². The van der Waals surface area contributed by atoms with Gasteiger partial charge in [0.1, 0.15) is 0 Å². The Morgan fingerprint density at radius 3 is 0.988 bits per heavy atom. The van der Waals surface area contributed by atoms with Crippen molar-refractivity contribution in [2.75, 3.05) is 14.7 Å². The van der Waals surface area contributed by atoms with Crippen LogP contribution in [0.15, 0.2) is 346 Å². The summed E-state index contributed by atoms with van der Waals surface area (Å²) in [6.07, 6.45) is 0. The highest BCUT2D eigenvalue weighted by Gasteiger charge is 2.25. The van der Waals surface area contributed by atoms with Crippen LogP contribution in [0, 0.1) is 0 Å². The van der Waals surface area contributed by atoms with Crippen molar-refractivity contribution in [3.05, 3.63) is 346 Å². The monoisotopic (exact) mass is 1080 g/mol. The van der Waals surface area contributed by atoms with Crippen molar-refractivity contribution in [2.24, 2.45) is 0 Å². The van der Waals surface area contributed by atoms with Crippen LogP contribution >= 0.6 is 0 Å². The second-order valence-electron chi connectivity index (χ2n) is 21.6. The van der Waals surface area contributed by atoms with Gasteiger partial charge in [-0.2, -0.15) is 0 Å². The van der Waals surface area contributed by atoms with Gasteiger partial charge in [0.05, 0.1) is 0 Å². The van der Waals surface area contributed by atoms with E-state index in [0.29, 0.717) is 0 Å². The van der Waals surface area contributed by atoms with Gasteiger partial charge in [-0.05, 0) is 215 Å². The fourth-order valence-corrected chi connectivity index (χ4v) is 12.6. The molecule has 0 bridgehead atoms. The minimum absolute atomic E-state index is 1.07. The summed E-state index contributed by atoms with van der Waals surface area (Å²) in [6.45, 7) is 0. The molecule has 15 aromatic carbocycles. The lowest BCUT2D eigenvalue weighted by molar-refractivity contribution is 1.28. The van der Waals surface area contributed by atoms with Crippen LogP contribution in [-0.2, 0) is 0 Å². The number of hydrogen-bond donors (Lipinski definition) is 0. The average Bonchev–Trinajstić information content (AvgIpc) is 1.98. The summed E-state index contributed by atoms with van der Waals surface area (Å²) in [5, 5.41) is 9.55. The van der Waals surface area contributed by atoms with Gasteiger partial charge in [-0.3, -0.25) is 0 Å². The highest BCUT2D eigenvalue weighted by Crippen LogP contribution is 2.52. The fraction of sp³-hybridized carbons (Fsp3) is 0. The molecule has 0 radical (unpaired) electrons. The number of anilines is 9. The maximum Gasteiger partial charge on any atom is 0.0468 e. The van der Waals surface area contributed by atoms with Gasteiger partial charge in [-0.25, -0.2) is 0 Å². The topological polar surface area (TPSA) is 9.72 Å². The van der Waals surface area contributed by atoms with Crippen LogP contribution < -0.4 is 14.7 Å². The molecule has 0 spiro atoms. The maximum atomic E-state index is 2.48. The van der Waals surface area contributed by atoms with Gasteiger partial charge >= 0.3 is 0 Å². The van der Waals surface area contributed by atoms with Gasteiger partial charge in [0, 0.05) is 51.2 Å². The fourth-order valence-electron chi connectivity index (χ4n) is 12.6. The second kappa shape index (κ2) is 22.2. The first-order chi connectivity index (χ1) is 42.2. The molecule has 15 rings (SSSR count). The summed E-state index contributed by atoms with van der Waals surface area (Å²) in [6, 6.07) is 126. The molecule has 0 aromatic heterocycles. The van der Waals surface area contributed by atoms with Crippen molar-refractivity contribution in [1.82, 2.24) is 0 Å². The van der Waals surface area contributed by atoms with Gasteiger partial charge in [-0.1, -0.05) is 218 Å². The Balaban J connectivity index is 1.04. The quantitative estimate of drug-likeness (QED) is 0.107. The molecule has 0 aliphatic heterocycles. The minimum Gasteiger partial charge on any atom is -0.311 e. The van der Waals surface area contributed by atoms with Crippen LogP contribution in [-0.4, -0.2) is 0 Å². The molecule has 85 heavy (non-hydrogen) atoms. The predicted octanol–water partition coefficient (Wildman–Crippen LogP) is 23.4. The number of nitrogens with zero attached hydrogens (tertiary/aromatic N) is 3. The number of rotatable bonds is 13. The van der Waals surface area contributed by atoms with E-state index in [0.717, 1.165) is 79.0 Å². The third-order valence-electron chi connectivity index (χ3n) is 16.5. The molecular weight excluding hydrogens is 1030 g/mol. The third kappa shape index (κ3) is 9.60. The van der Waals surface area contributed by atoms with Crippen molar-refractivity contribution in [1.29, 1.82) is 0 Å². The predicted molar refractivity (Wildman–Crippen MR) is 362 cm³/mol. The van der Waals surface area contributed by atoms with E-state index in [1.165, 1.54) is 59.8 Å². The zero-order valence-corrected chi connectivity index (χ0v) is 46.8. The van der Waals surface area contributed by atoms with Gasteiger partial charge in [0.15, 0.2) is 0 Å². The molecule has 400 valence electrons. The van der Waals surface area contributed by atoms with E-state index in [9.17, 15) is 0 Å². The molecule has 3 heteroatoms. The lowest BCUT2D eigenvalue weighted by Crippen LogP contribution is -2.09. The number of para-hydroxylation sites is 6. The zero-order valence-electron chi connectivity index (χ0n) is 46.8. The summed E-state index contributed by atoms with van der Waals surface area (Å²) >= 11 is 0. The van der Waals surface area contributed by atoms with Crippen molar-refractivity contribution >= 4 is 94.3 Å². The van der Waals surface area contributed by atoms with Crippen LogP contribution in [0.4, 0.5) is 51.2 Å². The molecule has 0 aliphatic carbocycles.